The Morgan fingerprint density at radius 1 is 1.04 bits per heavy atom. The van der Waals surface area contributed by atoms with E-state index < -0.39 is 0 Å². The van der Waals surface area contributed by atoms with Crippen LogP contribution in [0.15, 0.2) is 54.9 Å². The number of nitrogens with two attached hydrogens (primary N) is 1. The van der Waals surface area contributed by atoms with Gasteiger partial charge in [-0.15, -0.1) is 0 Å². The molecule has 8 heteroatoms. The maximum Gasteiger partial charge on any atom is 0.269 e. The third-order valence-electron chi connectivity index (χ3n) is 3.87. The molecule has 0 atom stereocenters. The molecule has 3 aromatic rings. The lowest BCUT2D eigenvalue weighted by molar-refractivity contribution is 0.0962. The van der Waals surface area contributed by atoms with Crippen LogP contribution in [0, 0.1) is 6.92 Å². The number of hydrogen-bond acceptors (Lipinski definition) is 6. The first-order chi connectivity index (χ1) is 13.0. The number of hydrogen-bond donors (Lipinski definition) is 4. The molecular weight excluding hydrogens is 364 g/mol. The van der Waals surface area contributed by atoms with E-state index in [2.05, 4.69) is 26.1 Å². The molecule has 7 nitrogen and oxygen atoms in total. The summed E-state index contributed by atoms with van der Waals surface area (Å²) in [4.78, 5) is 20.4. The van der Waals surface area contributed by atoms with Crippen molar-refractivity contribution in [1.82, 2.24) is 15.4 Å². The van der Waals surface area contributed by atoms with Gasteiger partial charge < -0.3 is 11.1 Å². The Kier molecular flexibility index (Phi) is 5.73. The molecule has 27 heavy (non-hydrogen) atoms. The van der Waals surface area contributed by atoms with Crippen LogP contribution in [0.25, 0.3) is 0 Å². The van der Waals surface area contributed by atoms with E-state index in [-0.39, 0.29) is 5.91 Å². The lowest BCUT2D eigenvalue weighted by atomic mass is 10.1. The first kappa shape index (κ1) is 18.5. The second-order valence-corrected chi connectivity index (χ2v) is 6.35. The summed E-state index contributed by atoms with van der Waals surface area (Å²) in [5.74, 6) is 0.486. The Labute approximate surface area is 162 Å². The summed E-state index contributed by atoms with van der Waals surface area (Å²) in [5, 5.41) is 3.82. The molecule has 0 radical (unpaired) electrons. The van der Waals surface area contributed by atoms with Gasteiger partial charge in [-0.1, -0.05) is 41.4 Å². The van der Waals surface area contributed by atoms with Gasteiger partial charge in [0.1, 0.15) is 12.0 Å². The van der Waals surface area contributed by atoms with Gasteiger partial charge in [0, 0.05) is 17.1 Å². The number of aromatic nitrogens is 2. The van der Waals surface area contributed by atoms with Gasteiger partial charge in [-0.05, 0) is 36.8 Å². The standard InChI is InChI=1S/C19H19ClN6O/c1-12-2-6-14(7-3-12)19(27)26-25-18-16(21)17(23-11-24-18)22-10-13-4-8-15(20)9-5-13/h2-9,11H,10,21H2,1H3,(H,26,27)(H2,22,23,24,25). The molecule has 1 aromatic heterocycles. The van der Waals surface area contributed by atoms with Crippen LogP contribution >= 0.6 is 11.6 Å². The van der Waals surface area contributed by atoms with Crippen molar-refractivity contribution in [3.63, 3.8) is 0 Å². The molecule has 0 saturated heterocycles. The van der Waals surface area contributed by atoms with E-state index in [0.29, 0.717) is 34.5 Å². The van der Waals surface area contributed by atoms with Crippen molar-refractivity contribution in [1.29, 1.82) is 0 Å². The van der Waals surface area contributed by atoms with Crippen LogP contribution in [0.2, 0.25) is 5.02 Å². The molecule has 2 aromatic carbocycles. The number of nitrogen functional groups attached to an aromatic ring is 1. The number of carbonyl (C=O) groups is 1. The van der Waals surface area contributed by atoms with Crippen LogP contribution in [0.3, 0.4) is 0 Å². The summed E-state index contributed by atoms with van der Waals surface area (Å²) in [5.41, 5.74) is 14.4. The van der Waals surface area contributed by atoms with Crippen molar-refractivity contribution in [2.24, 2.45) is 0 Å². The van der Waals surface area contributed by atoms with E-state index in [1.807, 2.05) is 43.3 Å². The van der Waals surface area contributed by atoms with Crippen LogP contribution in [-0.2, 0) is 6.54 Å². The highest BCUT2D eigenvalue weighted by molar-refractivity contribution is 6.30. The molecule has 0 fully saturated rings. The maximum absolute atomic E-state index is 12.2. The highest BCUT2D eigenvalue weighted by Crippen LogP contribution is 2.22. The van der Waals surface area contributed by atoms with Crippen LogP contribution in [0.4, 0.5) is 17.3 Å². The maximum atomic E-state index is 12.2. The zero-order valence-corrected chi connectivity index (χ0v) is 15.4. The van der Waals surface area contributed by atoms with E-state index in [1.54, 1.807) is 12.1 Å². The fourth-order valence-corrected chi connectivity index (χ4v) is 2.44. The van der Waals surface area contributed by atoms with Gasteiger partial charge >= 0.3 is 0 Å². The summed E-state index contributed by atoms with van der Waals surface area (Å²) in [6.45, 7) is 2.48. The van der Waals surface area contributed by atoms with Crippen molar-refractivity contribution in [3.05, 3.63) is 76.6 Å². The number of benzene rings is 2. The zero-order valence-electron chi connectivity index (χ0n) is 14.7. The molecule has 0 spiro atoms. The fraction of sp³-hybridized carbons (Fsp3) is 0.105. The van der Waals surface area contributed by atoms with E-state index >= 15 is 0 Å². The van der Waals surface area contributed by atoms with E-state index in [1.165, 1.54) is 6.33 Å². The number of hydrazine groups is 1. The van der Waals surface area contributed by atoms with Gasteiger partial charge in [-0.25, -0.2) is 9.97 Å². The van der Waals surface area contributed by atoms with Crippen molar-refractivity contribution < 1.29 is 4.79 Å². The topological polar surface area (TPSA) is 105 Å². The molecule has 138 valence electrons. The van der Waals surface area contributed by atoms with Crippen molar-refractivity contribution in [2.75, 3.05) is 16.5 Å². The molecule has 0 unspecified atom stereocenters. The lowest BCUT2D eigenvalue weighted by Gasteiger charge is -2.13. The molecular formula is C19H19ClN6O. The molecule has 1 heterocycles. The van der Waals surface area contributed by atoms with Gasteiger partial charge in [0.2, 0.25) is 0 Å². The highest BCUT2D eigenvalue weighted by atomic mass is 35.5. The SMILES string of the molecule is Cc1ccc(C(=O)NNc2ncnc(NCc3ccc(Cl)cc3)c2N)cc1. The van der Waals surface area contributed by atoms with Crippen molar-refractivity contribution in [2.45, 2.75) is 13.5 Å². The number of rotatable bonds is 6. The predicted molar refractivity (Wildman–Crippen MR) is 107 cm³/mol. The number of nitrogens with one attached hydrogen (secondary N) is 3. The Morgan fingerprint density at radius 3 is 2.41 bits per heavy atom. The van der Waals surface area contributed by atoms with Crippen LogP contribution in [-0.4, -0.2) is 15.9 Å². The summed E-state index contributed by atoms with van der Waals surface area (Å²) in [7, 11) is 0. The van der Waals surface area contributed by atoms with Gasteiger partial charge in [-0.3, -0.25) is 15.6 Å². The lowest BCUT2D eigenvalue weighted by Crippen LogP contribution is -2.30. The fourth-order valence-electron chi connectivity index (χ4n) is 2.32. The number of halogens is 1. The van der Waals surface area contributed by atoms with E-state index in [9.17, 15) is 4.79 Å². The Hall–Kier alpha value is -3.32. The van der Waals surface area contributed by atoms with Gasteiger partial charge in [0.05, 0.1) is 0 Å². The molecule has 1 amide bonds. The minimum absolute atomic E-state index is 0.288. The smallest absolute Gasteiger partial charge is 0.269 e. The van der Waals surface area contributed by atoms with E-state index in [0.717, 1.165) is 11.1 Å². The average molecular weight is 383 g/mol. The average Bonchev–Trinajstić information content (AvgIpc) is 2.68. The molecule has 0 saturated carbocycles. The number of amides is 1. The largest absolute Gasteiger partial charge is 0.393 e. The van der Waals surface area contributed by atoms with Gasteiger partial charge in [0.25, 0.3) is 5.91 Å². The molecule has 0 aliphatic rings. The van der Waals surface area contributed by atoms with Gasteiger partial charge in [0.15, 0.2) is 11.6 Å². The van der Waals surface area contributed by atoms with Crippen LogP contribution < -0.4 is 21.9 Å². The van der Waals surface area contributed by atoms with Crippen LogP contribution in [0.5, 0.6) is 0 Å². The van der Waals surface area contributed by atoms with Gasteiger partial charge in [-0.2, -0.15) is 0 Å². The Bertz CT molecular complexity index is 928. The third kappa shape index (κ3) is 4.86. The summed E-state index contributed by atoms with van der Waals surface area (Å²) in [6.07, 6.45) is 1.36. The summed E-state index contributed by atoms with van der Waals surface area (Å²) in [6, 6.07) is 14.7. The predicted octanol–water partition coefficient (Wildman–Crippen LogP) is 3.39. The highest BCUT2D eigenvalue weighted by Gasteiger charge is 2.10. The minimum atomic E-state index is -0.288. The minimum Gasteiger partial charge on any atom is -0.393 e. The second-order valence-electron chi connectivity index (χ2n) is 5.91. The monoisotopic (exact) mass is 382 g/mol. The Morgan fingerprint density at radius 2 is 1.70 bits per heavy atom. The molecule has 0 bridgehead atoms. The first-order valence-corrected chi connectivity index (χ1v) is 8.62. The molecule has 3 rings (SSSR count). The molecule has 5 N–H and O–H groups in total. The normalized spacial score (nSPS) is 10.3. The van der Waals surface area contributed by atoms with E-state index in [4.69, 9.17) is 17.3 Å². The van der Waals surface area contributed by atoms with Crippen molar-refractivity contribution in [3.8, 4) is 0 Å². The first-order valence-electron chi connectivity index (χ1n) is 8.25. The molecule has 0 aliphatic heterocycles. The summed E-state index contributed by atoms with van der Waals surface area (Å²) < 4.78 is 0. The second kappa shape index (κ2) is 8.37. The zero-order chi connectivity index (χ0) is 19.2. The third-order valence-corrected chi connectivity index (χ3v) is 4.12. The molecule has 0 aliphatic carbocycles. The van der Waals surface area contributed by atoms with Crippen LogP contribution in [0.1, 0.15) is 21.5 Å². The van der Waals surface area contributed by atoms with Crippen molar-refractivity contribution >= 4 is 34.8 Å². The Balaban J connectivity index is 1.63. The number of nitrogens with zero attached hydrogens (tertiary/aromatic N) is 2. The number of aryl methyl sites for hydroxylation is 1. The number of carbonyl (C=O) groups excluding carboxylic acids is 1. The summed E-state index contributed by atoms with van der Waals surface area (Å²) >= 11 is 5.88. The quantitative estimate of drug-likeness (QED) is 0.487. The number of anilines is 3.